The Morgan fingerprint density at radius 2 is 1.63 bits per heavy atom. The first-order valence-electron chi connectivity index (χ1n) is 9.28. The number of rotatable bonds is 7. The summed E-state index contributed by atoms with van der Waals surface area (Å²) in [7, 11) is 0. The van der Waals surface area contributed by atoms with Gasteiger partial charge in [0.2, 0.25) is 5.78 Å². The highest BCUT2D eigenvalue weighted by molar-refractivity contribution is 9.10. The van der Waals surface area contributed by atoms with E-state index in [-0.39, 0.29) is 17.7 Å². The lowest BCUT2D eigenvalue weighted by molar-refractivity contribution is -0.157. The summed E-state index contributed by atoms with van der Waals surface area (Å²) in [5.74, 6) is -3.49. The number of aliphatic carboxylic acids is 2. The van der Waals surface area contributed by atoms with E-state index in [9.17, 15) is 24.6 Å². The number of ketones is 1. The molecule has 0 saturated heterocycles. The zero-order valence-electron chi connectivity index (χ0n) is 16.3. The molecule has 3 rings (SSSR count). The average Bonchev–Trinajstić information content (AvgIpc) is 3.02. The number of halogens is 2. The van der Waals surface area contributed by atoms with Crippen molar-refractivity contribution in [3.8, 4) is 0 Å². The lowest BCUT2D eigenvalue weighted by Crippen LogP contribution is -2.44. The van der Waals surface area contributed by atoms with Gasteiger partial charge in [0.15, 0.2) is 5.41 Å². The third-order valence-electron chi connectivity index (χ3n) is 5.35. The van der Waals surface area contributed by atoms with Crippen LogP contribution < -0.4 is 0 Å². The minimum Gasteiger partial charge on any atom is -0.480 e. The van der Waals surface area contributed by atoms with Gasteiger partial charge in [-0.2, -0.15) is 0 Å². The molecule has 0 fully saturated rings. The van der Waals surface area contributed by atoms with Crippen LogP contribution in [0, 0.1) is 0 Å². The molecule has 8 heteroatoms. The lowest BCUT2D eigenvalue weighted by atomic mass is 9.75. The van der Waals surface area contributed by atoms with Gasteiger partial charge in [-0.25, -0.2) is 0 Å². The minimum absolute atomic E-state index is 0.0218. The summed E-state index contributed by atoms with van der Waals surface area (Å²) < 4.78 is 2.41. The molecule has 0 atom stereocenters. The van der Waals surface area contributed by atoms with Gasteiger partial charge in [-0.15, -0.1) is 0 Å². The molecule has 3 aromatic rings. The Kier molecular flexibility index (Phi) is 6.06. The number of carboxylic acids is 2. The molecule has 0 saturated carbocycles. The second kappa shape index (κ2) is 8.24. The summed E-state index contributed by atoms with van der Waals surface area (Å²) in [6.45, 7) is 3.62. The van der Waals surface area contributed by atoms with Crippen LogP contribution >= 0.6 is 27.5 Å². The number of carboxylic acid groups (broad SMARTS) is 2. The van der Waals surface area contributed by atoms with Crippen molar-refractivity contribution in [2.24, 2.45) is 0 Å². The molecule has 0 spiro atoms. The Morgan fingerprint density at radius 1 is 1.03 bits per heavy atom. The maximum absolute atomic E-state index is 13.6. The topological polar surface area (TPSA) is 96.6 Å². The van der Waals surface area contributed by atoms with Gasteiger partial charge in [0.25, 0.3) is 0 Å². The summed E-state index contributed by atoms with van der Waals surface area (Å²) in [4.78, 5) is 38.2. The first-order chi connectivity index (χ1) is 14.2. The normalized spacial score (nSPS) is 11.6. The fourth-order valence-electron chi connectivity index (χ4n) is 3.84. The molecule has 0 aliphatic carbocycles. The van der Waals surface area contributed by atoms with E-state index in [1.54, 1.807) is 54.0 Å². The second-order valence-electron chi connectivity index (χ2n) is 6.83. The number of nitrogens with zero attached hydrogens (tertiary/aromatic N) is 1. The number of aromatic nitrogens is 1. The van der Waals surface area contributed by atoms with Crippen LogP contribution in [-0.4, -0.2) is 32.5 Å². The lowest BCUT2D eigenvalue weighted by Gasteiger charge is -2.25. The number of carbonyl (C=O) groups is 3. The van der Waals surface area contributed by atoms with Gasteiger partial charge in [0.1, 0.15) is 0 Å². The molecule has 156 valence electrons. The standard InChI is InChI=1S/C22H19BrClNO5/c1-3-22(20(27)28,21(29)30)17-15-10-9-14(24)11-16(15)25(4-2)18(17)19(26)12-5-7-13(23)8-6-12/h5-11H,3-4H2,1-2H3,(H,27,28)(H,29,30). The van der Waals surface area contributed by atoms with E-state index in [2.05, 4.69) is 15.9 Å². The minimum atomic E-state index is -2.28. The third kappa shape index (κ3) is 3.32. The molecule has 0 aliphatic heterocycles. The average molecular weight is 493 g/mol. The smallest absolute Gasteiger partial charge is 0.325 e. The molecule has 1 heterocycles. The molecule has 2 N–H and O–H groups in total. The first kappa shape index (κ1) is 22.1. The van der Waals surface area contributed by atoms with Crippen LogP contribution in [0.1, 0.15) is 41.9 Å². The summed E-state index contributed by atoms with van der Waals surface area (Å²) in [5, 5.41) is 20.8. The van der Waals surface area contributed by atoms with Crippen LogP contribution in [-0.2, 0) is 21.5 Å². The molecular weight excluding hydrogens is 474 g/mol. The van der Waals surface area contributed by atoms with Crippen LogP contribution in [0.3, 0.4) is 0 Å². The predicted octanol–water partition coefficient (Wildman–Crippen LogP) is 5.13. The number of hydrogen-bond donors (Lipinski definition) is 2. The number of hydrogen-bond acceptors (Lipinski definition) is 3. The summed E-state index contributed by atoms with van der Waals surface area (Å²) in [5.41, 5.74) is -1.42. The van der Waals surface area contributed by atoms with Crippen molar-refractivity contribution in [3.63, 3.8) is 0 Å². The Hall–Kier alpha value is -2.64. The van der Waals surface area contributed by atoms with E-state index in [1.807, 2.05) is 0 Å². The molecular formula is C22H19BrClNO5. The first-order valence-corrected chi connectivity index (χ1v) is 10.4. The highest BCUT2D eigenvalue weighted by Gasteiger charge is 2.51. The van der Waals surface area contributed by atoms with Crippen molar-refractivity contribution in [2.75, 3.05) is 0 Å². The van der Waals surface area contributed by atoms with Gasteiger partial charge in [-0.3, -0.25) is 14.4 Å². The summed E-state index contributed by atoms with van der Waals surface area (Å²) >= 11 is 9.48. The molecule has 0 bridgehead atoms. The Bertz CT molecular complexity index is 1150. The van der Waals surface area contributed by atoms with Gasteiger partial charge in [-0.05, 0) is 49.7 Å². The van der Waals surface area contributed by atoms with Crippen molar-refractivity contribution < 1.29 is 24.6 Å². The molecule has 0 aliphatic rings. The molecule has 0 amide bonds. The molecule has 1 aromatic heterocycles. The van der Waals surface area contributed by atoms with E-state index >= 15 is 0 Å². The predicted molar refractivity (Wildman–Crippen MR) is 117 cm³/mol. The quantitative estimate of drug-likeness (QED) is 0.352. The molecule has 0 unspecified atom stereocenters. The van der Waals surface area contributed by atoms with Crippen molar-refractivity contribution in [1.82, 2.24) is 4.57 Å². The maximum atomic E-state index is 13.6. The van der Waals surface area contributed by atoms with Gasteiger partial charge in [0.05, 0.1) is 11.2 Å². The van der Waals surface area contributed by atoms with Crippen molar-refractivity contribution >= 4 is 56.2 Å². The molecule has 30 heavy (non-hydrogen) atoms. The van der Waals surface area contributed by atoms with Crippen LogP contribution in [0.5, 0.6) is 0 Å². The van der Waals surface area contributed by atoms with Gasteiger partial charge < -0.3 is 14.8 Å². The van der Waals surface area contributed by atoms with Gasteiger partial charge in [-0.1, -0.05) is 40.5 Å². The van der Waals surface area contributed by atoms with Crippen molar-refractivity contribution in [3.05, 3.63) is 68.8 Å². The summed E-state index contributed by atoms with van der Waals surface area (Å²) in [6, 6.07) is 11.4. The Morgan fingerprint density at radius 3 is 2.13 bits per heavy atom. The number of aryl methyl sites for hydroxylation is 1. The molecule has 0 radical (unpaired) electrons. The highest BCUT2D eigenvalue weighted by atomic mass is 79.9. The third-order valence-corrected chi connectivity index (χ3v) is 6.12. The van der Waals surface area contributed by atoms with Gasteiger partial charge in [0, 0.05) is 32.6 Å². The highest BCUT2D eigenvalue weighted by Crippen LogP contribution is 2.41. The Balaban J connectivity index is 2.50. The van der Waals surface area contributed by atoms with Crippen LogP contribution in [0.2, 0.25) is 5.02 Å². The van der Waals surface area contributed by atoms with Gasteiger partial charge >= 0.3 is 11.9 Å². The maximum Gasteiger partial charge on any atom is 0.325 e. The van der Waals surface area contributed by atoms with Crippen LogP contribution in [0.4, 0.5) is 0 Å². The van der Waals surface area contributed by atoms with Crippen LogP contribution in [0.15, 0.2) is 46.9 Å². The van der Waals surface area contributed by atoms with E-state index in [4.69, 9.17) is 11.6 Å². The molecule has 6 nitrogen and oxygen atoms in total. The number of carbonyl (C=O) groups excluding carboxylic acids is 1. The zero-order valence-corrected chi connectivity index (χ0v) is 18.6. The number of benzene rings is 2. The van der Waals surface area contributed by atoms with Crippen molar-refractivity contribution in [1.29, 1.82) is 0 Å². The largest absolute Gasteiger partial charge is 0.480 e. The number of fused-ring (bicyclic) bond motifs is 1. The van der Waals surface area contributed by atoms with E-state index in [1.165, 1.54) is 6.92 Å². The fourth-order valence-corrected chi connectivity index (χ4v) is 4.27. The van der Waals surface area contributed by atoms with E-state index in [0.29, 0.717) is 28.0 Å². The molecule has 2 aromatic carbocycles. The fraction of sp³-hybridized carbons (Fsp3) is 0.227. The van der Waals surface area contributed by atoms with Crippen LogP contribution in [0.25, 0.3) is 10.9 Å². The zero-order chi connectivity index (χ0) is 22.2. The second-order valence-corrected chi connectivity index (χ2v) is 8.19. The summed E-state index contributed by atoms with van der Waals surface area (Å²) in [6.07, 6.45) is -0.232. The van der Waals surface area contributed by atoms with E-state index < -0.39 is 23.1 Å². The van der Waals surface area contributed by atoms with E-state index in [0.717, 1.165) is 4.47 Å². The monoisotopic (exact) mass is 491 g/mol. The Labute approximate surface area is 186 Å². The van der Waals surface area contributed by atoms with Crippen molar-refractivity contribution in [2.45, 2.75) is 32.2 Å². The SMILES string of the molecule is CCn1c(C(=O)c2ccc(Br)cc2)c(C(CC)(C(=O)O)C(=O)O)c2ccc(Cl)cc21.